The van der Waals surface area contributed by atoms with E-state index >= 15 is 0 Å². The number of para-hydroxylation sites is 2. The van der Waals surface area contributed by atoms with Gasteiger partial charge in [-0.25, -0.2) is 18.7 Å². The summed E-state index contributed by atoms with van der Waals surface area (Å²) in [6.45, 7) is 3.80. The normalized spacial score (nSPS) is 10.8. The summed E-state index contributed by atoms with van der Waals surface area (Å²) in [5, 5.41) is 11.5. The Kier molecular flexibility index (Phi) is 7.80. The van der Waals surface area contributed by atoms with Crippen LogP contribution in [0.15, 0.2) is 97.1 Å². The molecule has 200 valence electrons. The topological polar surface area (TPSA) is 55.2 Å². The molecule has 0 saturated heterocycles. The van der Waals surface area contributed by atoms with E-state index in [-0.39, 0.29) is 18.2 Å². The minimum absolute atomic E-state index is 0.166. The maximum Gasteiger partial charge on any atom is 0.145 e. The lowest BCUT2D eigenvalue weighted by Crippen LogP contribution is -1.97. The van der Waals surface area contributed by atoms with Crippen molar-refractivity contribution in [2.24, 2.45) is 0 Å². The van der Waals surface area contributed by atoms with Crippen LogP contribution in [0.1, 0.15) is 16.7 Å². The van der Waals surface area contributed by atoms with Crippen LogP contribution >= 0.6 is 0 Å². The molecule has 0 radical (unpaired) electrons. The first-order valence-corrected chi connectivity index (χ1v) is 12.9. The van der Waals surface area contributed by atoms with Gasteiger partial charge in [0.25, 0.3) is 0 Å². The number of rotatable bonds is 4. The Morgan fingerprint density at radius 1 is 0.650 bits per heavy atom. The predicted octanol–water partition coefficient (Wildman–Crippen LogP) is 8.20. The molecule has 0 fully saturated rings. The number of hydrogen-bond donors (Lipinski definition) is 1. The van der Waals surface area contributed by atoms with E-state index in [2.05, 4.69) is 9.97 Å². The summed E-state index contributed by atoms with van der Waals surface area (Å²) in [5.74, 6) is -0.0536. The van der Waals surface area contributed by atoms with E-state index in [1.54, 1.807) is 43.5 Å². The van der Waals surface area contributed by atoms with Crippen molar-refractivity contribution in [2.75, 3.05) is 7.11 Å². The highest BCUT2D eigenvalue weighted by atomic mass is 19.1. The number of methoxy groups -OCH3 is 1. The zero-order chi connectivity index (χ0) is 28.2. The van der Waals surface area contributed by atoms with E-state index in [0.29, 0.717) is 33.8 Å². The highest BCUT2D eigenvalue weighted by Gasteiger charge is 2.15. The fourth-order valence-corrected chi connectivity index (χ4v) is 4.73. The summed E-state index contributed by atoms with van der Waals surface area (Å²) in [6.07, 6.45) is 0. The first kappa shape index (κ1) is 26.9. The summed E-state index contributed by atoms with van der Waals surface area (Å²) >= 11 is 0. The molecule has 0 amide bonds. The SMILES string of the molecule is COc1cc2cccc(C)c2nc1-c1ccccc1F.Cc1cccc2cc(CO)c(-c3ccccc3F)nc12. The van der Waals surface area contributed by atoms with Crippen molar-refractivity contribution in [3.05, 3.63) is 125 Å². The van der Waals surface area contributed by atoms with Gasteiger partial charge in [0.1, 0.15) is 23.1 Å². The first-order valence-electron chi connectivity index (χ1n) is 12.9. The molecule has 4 aromatic carbocycles. The van der Waals surface area contributed by atoms with Crippen LogP contribution < -0.4 is 4.74 Å². The quantitative estimate of drug-likeness (QED) is 0.248. The number of halogens is 2. The second-order valence-electron chi connectivity index (χ2n) is 9.45. The van der Waals surface area contributed by atoms with Crippen LogP contribution in [0.25, 0.3) is 44.3 Å². The van der Waals surface area contributed by atoms with E-state index in [4.69, 9.17) is 4.74 Å². The van der Waals surface area contributed by atoms with Crippen molar-refractivity contribution in [1.29, 1.82) is 0 Å². The first-order chi connectivity index (χ1) is 19.4. The van der Waals surface area contributed by atoms with Crippen LogP contribution in [0.3, 0.4) is 0 Å². The van der Waals surface area contributed by atoms with Gasteiger partial charge in [0.15, 0.2) is 0 Å². The maximum atomic E-state index is 14.0. The molecule has 40 heavy (non-hydrogen) atoms. The molecular weight excluding hydrogens is 506 g/mol. The average molecular weight is 535 g/mol. The van der Waals surface area contributed by atoms with Gasteiger partial charge in [-0.15, -0.1) is 0 Å². The van der Waals surface area contributed by atoms with Crippen LogP contribution in [-0.4, -0.2) is 22.2 Å². The van der Waals surface area contributed by atoms with Crippen LogP contribution in [0.5, 0.6) is 5.75 Å². The fraction of sp³-hybridized carbons (Fsp3) is 0.118. The molecule has 0 aliphatic carbocycles. The van der Waals surface area contributed by atoms with Gasteiger partial charge in [-0.3, -0.25) is 0 Å². The molecule has 0 unspecified atom stereocenters. The Hall–Kier alpha value is -4.68. The van der Waals surface area contributed by atoms with Crippen molar-refractivity contribution >= 4 is 21.8 Å². The Labute approximate surface area is 231 Å². The lowest BCUT2D eigenvalue weighted by atomic mass is 10.0. The minimum Gasteiger partial charge on any atom is -0.494 e. The van der Waals surface area contributed by atoms with Crippen LogP contribution in [-0.2, 0) is 6.61 Å². The van der Waals surface area contributed by atoms with E-state index in [1.807, 2.05) is 62.4 Å². The van der Waals surface area contributed by atoms with Gasteiger partial charge in [-0.2, -0.15) is 0 Å². The van der Waals surface area contributed by atoms with Gasteiger partial charge in [0, 0.05) is 27.5 Å². The highest BCUT2D eigenvalue weighted by Crippen LogP contribution is 2.33. The third-order valence-corrected chi connectivity index (χ3v) is 6.79. The predicted molar refractivity (Wildman–Crippen MR) is 156 cm³/mol. The maximum absolute atomic E-state index is 14.0. The summed E-state index contributed by atoms with van der Waals surface area (Å²) in [7, 11) is 1.57. The van der Waals surface area contributed by atoms with Gasteiger partial charge < -0.3 is 9.84 Å². The summed E-state index contributed by atoms with van der Waals surface area (Å²) in [4.78, 5) is 9.19. The number of fused-ring (bicyclic) bond motifs is 2. The highest BCUT2D eigenvalue weighted by molar-refractivity contribution is 5.87. The number of aliphatic hydroxyl groups excluding tert-OH is 1. The second-order valence-corrected chi connectivity index (χ2v) is 9.45. The third kappa shape index (κ3) is 5.26. The van der Waals surface area contributed by atoms with Crippen LogP contribution in [0.4, 0.5) is 8.78 Å². The molecule has 0 spiro atoms. The molecule has 6 aromatic rings. The van der Waals surface area contributed by atoms with E-state index in [0.717, 1.165) is 32.9 Å². The number of ether oxygens (including phenoxy) is 1. The smallest absolute Gasteiger partial charge is 0.145 e. The van der Waals surface area contributed by atoms with Crippen molar-refractivity contribution in [1.82, 2.24) is 9.97 Å². The largest absolute Gasteiger partial charge is 0.494 e. The molecule has 6 rings (SSSR count). The third-order valence-electron chi connectivity index (χ3n) is 6.79. The lowest BCUT2D eigenvalue weighted by molar-refractivity contribution is 0.282. The van der Waals surface area contributed by atoms with Crippen LogP contribution in [0.2, 0.25) is 0 Å². The number of aryl methyl sites for hydroxylation is 2. The molecule has 2 aromatic heterocycles. The van der Waals surface area contributed by atoms with E-state index in [1.165, 1.54) is 12.1 Å². The second kappa shape index (κ2) is 11.6. The molecule has 0 saturated carbocycles. The number of benzene rings is 4. The zero-order valence-corrected chi connectivity index (χ0v) is 22.5. The number of pyridine rings is 2. The molecule has 0 atom stereocenters. The van der Waals surface area contributed by atoms with Gasteiger partial charge in [-0.1, -0.05) is 60.7 Å². The average Bonchev–Trinajstić information content (AvgIpc) is 2.97. The van der Waals surface area contributed by atoms with E-state index in [9.17, 15) is 13.9 Å². The number of nitrogens with zero attached hydrogens (tertiary/aromatic N) is 2. The van der Waals surface area contributed by atoms with Gasteiger partial charge in [-0.05, 0) is 61.4 Å². The Bertz CT molecular complexity index is 1700. The minimum atomic E-state index is -0.331. The van der Waals surface area contributed by atoms with Gasteiger partial charge in [0.2, 0.25) is 0 Å². The van der Waals surface area contributed by atoms with Gasteiger partial charge >= 0.3 is 0 Å². The Morgan fingerprint density at radius 3 is 1.68 bits per heavy atom. The number of hydrogen-bond acceptors (Lipinski definition) is 4. The molecule has 0 aliphatic rings. The molecule has 0 aliphatic heterocycles. The molecule has 1 N–H and O–H groups in total. The van der Waals surface area contributed by atoms with Crippen LogP contribution in [0, 0.1) is 25.5 Å². The standard InChI is InChI=1S/2C17H14FNO/c1-11-6-5-7-12-10-15(20-2)17(19-16(11)12)13-8-3-4-9-14(13)18;1-11-5-4-6-12-9-13(10-20)17(19-16(11)12)14-7-2-3-8-15(14)18/h3-10H,1-2H3;2-9,20H,10H2,1H3. The van der Waals surface area contributed by atoms with Crippen molar-refractivity contribution < 1.29 is 18.6 Å². The molecule has 0 bridgehead atoms. The number of aliphatic hydroxyl groups is 1. The fourth-order valence-electron chi connectivity index (χ4n) is 4.73. The molecule has 2 heterocycles. The van der Waals surface area contributed by atoms with E-state index < -0.39 is 0 Å². The van der Waals surface area contributed by atoms with Gasteiger partial charge in [0.05, 0.1) is 30.4 Å². The zero-order valence-electron chi connectivity index (χ0n) is 22.5. The molecule has 6 heteroatoms. The Balaban J connectivity index is 0.000000161. The van der Waals surface area contributed by atoms with Crippen molar-refractivity contribution in [3.63, 3.8) is 0 Å². The van der Waals surface area contributed by atoms with Crippen molar-refractivity contribution in [2.45, 2.75) is 20.5 Å². The summed E-state index contributed by atoms with van der Waals surface area (Å²) in [5.41, 5.74) is 6.34. The monoisotopic (exact) mass is 534 g/mol. The van der Waals surface area contributed by atoms with Crippen molar-refractivity contribution in [3.8, 4) is 28.3 Å². The molecular formula is C34H28F2N2O2. The lowest BCUT2D eigenvalue weighted by Gasteiger charge is -2.11. The Morgan fingerprint density at radius 2 is 1.15 bits per heavy atom. The number of aromatic nitrogens is 2. The molecule has 4 nitrogen and oxygen atoms in total. The summed E-state index contributed by atoms with van der Waals surface area (Å²) in [6, 6.07) is 28.7. The summed E-state index contributed by atoms with van der Waals surface area (Å²) < 4.78 is 33.3.